The number of ether oxygens (including phenoxy) is 2. The number of imidazole rings is 1. The topological polar surface area (TPSA) is 128 Å². The van der Waals surface area contributed by atoms with Crippen LogP contribution in [0.1, 0.15) is 6.42 Å². The number of anilines is 3. The van der Waals surface area contributed by atoms with Crippen LogP contribution in [0.4, 0.5) is 26.5 Å². The van der Waals surface area contributed by atoms with Crippen LogP contribution in [0, 0.1) is 5.82 Å². The van der Waals surface area contributed by atoms with Crippen LogP contribution in [-0.2, 0) is 6.54 Å². The summed E-state index contributed by atoms with van der Waals surface area (Å²) in [7, 11) is 1.74. The molecule has 208 valence electrons. The number of aromatic nitrogens is 5. The van der Waals surface area contributed by atoms with Crippen molar-refractivity contribution in [2.45, 2.75) is 13.0 Å². The first-order valence-corrected chi connectivity index (χ1v) is 12.8. The van der Waals surface area contributed by atoms with Crippen molar-refractivity contribution in [3.8, 4) is 28.6 Å². The Hall–Kier alpha value is -5.52. The zero-order valence-electron chi connectivity index (χ0n) is 22.1. The Morgan fingerprint density at radius 2 is 1.80 bits per heavy atom. The normalized spacial score (nSPS) is 10.6. The van der Waals surface area contributed by atoms with E-state index in [4.69, 9.17) is 9.47 Å². The number of nitrogens with one attached hydrogen (secondary N) is 3. The number of pyridine rings is 1. The number of urea groups is 1. The van der Waals surface area contributed by atoms with Gasteiger partial charge in [0.1, 0.15) is 5.75 Å². The summed E-state index contributed by atoms with van der Waals surface area (Å²) in [6.45, 7) is 1.07. The minimum Gasteiger partial charge on any atom is -0.490 e. The van der Waals surface area contributed by atoms with Crippen LogP contribution < -0.4 is 25.4 Å². The average Bonchev–Trinajstić information content (AvgIpc) is 3.51. The lowest BCUT2D eigenvalue weighted by atomic mass is 10.2. The van der Waals surface area contributed by atoms with E-state index in [1.807, 2.05) is 16.8 Å². The first-order chi connectivity index (χ1) is 20.1. The Bertz CT molecular complexity index is 1600. The van der Waals surface area contributed by atoms with E-state index < -0.39 is 11.8 Å². The van der Waals surface area contributed by atoms with Crippen molar-refractivity contribution in [2.24, 2.45) is 0 Å². The lowest BCUT2D eigenvalue weighted by Crippen LogP contribution is -2.19. The van der Waals surface area contributed by atoms with Crippen molar-refractivity contribution in [2.75, 3.05) is 29.6 Å². The molecular weight excluding hydrogens is 527 g/mol. The van der Waals surface area contributed by atoms with E-state index in [-0.39, 0.29) is 5.75 Å². The monoisotopic (exact) mass is 554 g/mol. The number of carbonyl (C=O) groups is 1. The van der Waals surface area contributed by atoms with Crippen LogP contribution >= 0.6 is 0 Å². The molecule has 2 amide bonds. The van der Waals surface area contributed by atoms with Crippen molar-refractivity contribution >= 4 is 23.4 Å². The van der Waals surface area contributed by atoms with Crippen LogP contribution in [0.15, 0.2) is 91.8 Å². The van der Waals surface area contributed by atoms with Crippen molar-refractivity contribution < 1.29 is 18.7 Å². The summed E-state index contributed by atoms with van der Waals surface area (Å²) in [6, 6.07) is 15.9. The van der Waals surface area contributed by atoms with Gasteiger partial charge in [-0.25, -0.2) is 29.1 Å². The highest BCUT2D eigenvalue weighted by atomic mass is 19.1. The molecule has 3 heterocycles. The van der Waals surface area contributed by atoms with Gasteiger partial charge in [0.15, 0.2) is 11.6 Å². The molecule has 0 radical (unpaired) electrons. The van der Waals surface area contributed by atoms with Gasteiger partial charge in [0.25, 0.3) is 0 Å². The van der Waals surface area contributed by atoms with E-state index in [1.165, 1.54) is 12.1 Å². The van der Waals surface area contributed by atoms with E-state index >= 15 is 0 Å². The standard InChI is InChI=1S/C29H27FN8O3/c1-31-28-34-13-11-25(37-28)23-4-2-12-33-27(23)41-22-8-5-20(6-9-22)35-29(39)36-21-7-10-26(24(30)18-21)40-17-3-15-38-16-14-32-19-38/h2,4-14,16,18-19H,3,15,17H2,1H3,(H,31,34,37)(H2,35,36,39). The SMILES string of the molecule is CNc1nccc(-c2cccnc2Oc2ccc(NC(=O)Nc3ccc(OCCCn4ccnc4)c(F)c3)cc2)n1. The van der Waals surface area contributed by atoms with Gasteiger partial charge in [-0.15, -0.1) is 0 Å². The molecule has 0 saturated carbocycles. The van der Waals surface area contributed by atoms with E-state index in [9.17, 15) is 9.18 Å². The summed E-state index contributed by atoms with van der Waals surface area (Å²) in [4.78, 5) is 29.4. The molecule has 0 atom stereocenters. The largest absolute Gasteiger partial charge is 0.490 e. The third-order valence-corrected chi connectivity index (χ3v) is 5.82. The molecule has 3 aromatic heterocycles. The van der Waals surface area contributed by atoms with Gasteiger partial charge in [-0.05, 0) is 61.0 Å². The highest BCUT2D eigenvalue weighted by molar-refractivity contribution is 5.99. The number of benzene rings is 2. The number of hydrogen-bond acceptors (Lipinski definition) is 8. The molecular formula is C29H27FN8O3. The highest BCUT2D eigenvalue weighted by Crippen LogP contribution is 2.31. The Morgan fingerprint density at radius 3 is 2.59 bits per heavy atom. The van der Waals surface area contributed by atoms with E-state index in [0.717, 1.165) is 6.54 Å². The van der Waals surface area contributed by atoms with Crippen molar-refractivity contribution in [3.05, 3.63) is 97.6 Å². The highest BCUT2D eigenvalue weighted by Gasteiger charge is 2.12. The van der Waals surface area contributed by atoms with E-state index in [2.05, 4.69) is 35.9 Å². The molecule has 0 unspecified atom stereocenters. The van der Waals surface area contributed by atoms with Gasteiger partial charge < -0.3 is 30.0 Å². The summed E-state index contributed by atoms with van der Waals surface area (Å²) in [5.74, 6) is 0.928. The maximum atomic E-state index is 14.5. The van der Waals surface area contributed by atoms with Crippen LogP contribution in [0.2, 0.25) is 0 Å². The van der Waals surface area contributed by atoms with E-state index in [0.29, 0.717) is 53.2 Å². The van der Waals surface area contributed by atoms with Gasteiger partial charge in [-0.1, -0.05) is 0 Å². The number of carbonyl (C=O) groups excluding carboxylic acids is 1. The molecule has 0 bridgehead atoms. The fraction of sp³-hybridized carbons (Fsp3) is 0.138. The molecule has 0 saturated heterocycles. The number of amides is 2. The van der Waals surface area contributed by atoms with Gasteiger partial charge in [0.2, 0.25) is 11.8 Å². The molecule has 5 aromatic rings. The van der Waals surface area contributed by atoms with Crippen LogP contribution in [0.3, 0.4) is 0 Å². The summed E-state index contributed by atoms with van der Waals surface area (Å²) >= 11 is 0. The molecule has 5 rings (SSSR count). The molecule has 0 aliphatic heterocycles. The van der Waals surface area contributed by atoms with Crippen molar-refractivity contribution in [1.82, 2.24) is 24.5 Å². The fourth-order valence-corrected chi connectivity index (χ4v) is 3.85. The first-order valence-electron chi connectivity index (χ1n) is 12.8. The molecule has 12 heteroatoms. The van der Waals surface area contributed by atoms with Gasteiger partial charge >= 0.3 is 6.03 Å². The van der Waals surface area contributed by atoms with Crippen LogP contribution in [-0.4, -0.2) is 44.2 Å². The molecule has 2 aromatic carbocycles. The quantitative estimate of drug-likeness (QED) is 0.174. The van der Waals surface area contributed by atoms with Crippen LogP contribution in [0.5, 0.6) is 17.4 Å². The smallest absolute Gasteiger partial charge is 0.323 e. The van der Waals surface area contributed by atoms with Gasteiger partial charge in [-0.2, -0.15) is 0 Å². The van der Waals surface area contributed by atoms with Gasteiger partial charge in [-0.3, -0.25) is 0 Å². The Morgan fingerprint density at radius 1 is 0.976 bits per heavy atom. The molecule has 0 aliphatic rings. The molecule has 3 N–H and O–H groups in total. The maximum absolute atomic E-state index is 14.5. The second-order valence-corrected chi connectivity index (χ2v) is 8.72. The molecule has 41 heavy (non-hydrogen) atoms. The van der Waals surface area contributed by atoms with Gasteiger partial charge in [0, 0.05) is 55.8 Å². The number of aryl methyl sites for hydroxylation is 1. The minimum absolute atomic E-state index is 0.121. The Labute approximate surface area is 235 Å². The zero-order chi connectivity index (χ0) is 28.4. The number of rotatable bonds is 11. The third-order valence-electron chi connectivity index (χ3n) is 5.82. The number of hydrogen-bond donors (Lipinski definition) is 3. The summed E-state index contributed by atoms with van der Waals surface area (Å²) in [5, 5.41) is 8.25. The summed E-state index contributed by atoms with van der Waals surface area (Å²) in [5.41, 5.74) is 2.17. The Kier molecular flexibility index (Phi) is 8.59. The Balaban J connectivity index is 1.14. The molecule has 0 aliphatic carbocycles. The second kappa shape index (κ2) is 13.0. The average molecular weight is 555 g/mol. The number of nitrogens with zero attached hydrogens (tertiary/aromatic N) is 5. The summed E-state index contributed by atoms with van der Waals surface area (Å²) < 4.78 is 27.9. The van der Waals surface area contributed by atoms with Gasteiger partial charge in [0.05, 0.1) is 24.2 Å². The molecule has 11 nitrogen and oxygen atoms in total. The predicted octanol–water partition coefficient (Wildman–Crippen LogP) is 5.82. The predicted molar refractivity (Wildman–Crippen MR) is 153 cm³/mol. The fourth-order valence-electron chi connectivity index (χ4n) is 3.85. The molecule has 0 spiro atoms. The van der Waals surface area contributed by atoms with Crippen molar-refractivity contribution in [3.63, 3.8) is 0 Å². The van der Waals surface area contributed by atoms with Crippen molar-refractivity contribution in [1.29, 1.82) is 0 Å². The summed E-state index contributed by atoms with van der Waals surface area (Å²) in [6.07, 6.45) is 9.25. The lowest BCUT2D eigenvalue weighted by Gasteiger charge is -2.12. The first kappa shape index (κ1) is 27.1. The zero-order valence-corrected chi connectivity index (χ0v) is 22.1. The third kappa shape index (κ3) is 7.32. The molecule has 0 fully saturated rings. The number of halogens is 1. The van der Waals surface area contributed by atoms with Crippen LogP contribution in [0.25, 0.3) is 11.3 Å². The maximum Gasteiger partial charge on any atom is 0.323 e. The minimum atomic E-state index is -0.565. The lowest BCUT2D eigenvalue weighted by molar-refractivity contribution is 0.262. The van der Waals surface area contributed by atoms with E-state index in [1.54, 1.807) is 74.4 Å². The second-order valence-electron chi connectivity index (χ2n) is 8.72.